The number of hydrogen-bond donors (Lipinski definition) is 0. The van der Waals surface area contributed by atoms with Crippen LogP contribution in [0.4, 0.5) is 0 Å². The zero-order valence-corrected chi connectivity index (χ0v) is 8.24. The molecule has 0 N–H and O–H groups in total. The van der Waals surface area contributed by atoms with Crippen LogP contribution in [0.2, 0.25) is 0 Å². The van der Waals surface area contributed by atoms with Crippen LogP contribution in [0.25, 0.3) is 11.0 Å². The Morgan fingerprint density at radius 3 is 2.86 bits per heavy atom. The maximum absolute atomic E-state index is 5.51. The molecule has 0 aliphatic carbocycles. The van der Waals surface area contributed by atoms with Gasteiger partial charge >= 0.3 is 0 Å². The second kappa shape index (κ2) is 3.62. The van der Waals surface area contributed by atoms with E-state index in [2.05, 4.69) is 0 Å². The molecule has 0 amide bonds. The summed E-state index contributed by atoms with van der Waals surface area (Å²) in [6.45, 7) is 2.55. The molecule has 0 radical (unpaired) electrons. The van der Waals surface area contributed by atoms with Gasteiger partial charge in [0, 0.05) is 0 Å². The van der Waals surface area contributed by atoms with E-state index in [1.165, 1.54) is 0 Å². The number of rotatable bonds is 3. The largest absolute Gasteiger partial charge is 0.493 e. The first kappa shape index (κ1) is 8.94. The third kappa shape index (κ3) is 1.31. The monoisotopic (exact) mass is 192 g/mol. The number of fused-ring (bicyclic) bond motifs is 1. The highest BCUT2D eigenvalue weighted by atomic mass is 16.5. The Labute approximate surface area is 82.2 Å². The van der Waals surface area contributed by atoms with E-state index in [-0.39, 0.29) is 0 Å². The Bertz CT molecular complexity index is 431. The first-order chi connectivity index (χ1) is 6.86. The van der Waals surface area contributed by atoms with E-state index in [1.54, 1.807) is 13.4 Å². The fraction of sp³-hybridized carbons (Fsp3) is 0.273. The van der Waals surface area contributed by atoms with Crippen LogP contribution in [0.5, 0.6) is 11.5 Å². The van der Waals surface area contributed by atoms with Crippen LogP contribution in [0.1, 0.15) is 6.92 Å². The van der Waals surface area contributed by atoms with Crippen LogP contribution in [0.15, 0.2) is 28.9 Å². The molecule has 0 aliphatic rings. The molecule has 1 aromatic carbocycles. The van der Waals surface area contributed by atoms with Gasteiger partial charge in [-0.25, -0.2) is 0 Å². The molecule has 0 unspecified atom stereocenters. The van der Waals surface area contributed by atoms with Crippen LogP contribution in [0.3, 0.4) is 0 Å². The van der Waals surface area contributed by atoms with Gasteiger partial charge in [-0.15, -0.1) is 0 Å². The van der Waals surface area contributed by atoms with Crippen molar-refractivity contribution in [3.05, 3.63) is 24.5 Å². The summed E-state index contributed by atoms with van der Waals surface area (Å²) in [4.78, 5) is 0. The molecule has 2 aromatic rings. The van der Waals surface area contributed by atoms with Crippen molar-refractivity contribution in [3.8, 4) is 11.5 Å². The molecule has 0 aliphatic heterocycles. The summed E-state index contributed by atoms with van der Waals surface area (Å²) in [5.41, 5.74) is 0.814. The lowest BCUT2D eigenvalue weighted by Gasteiger charge is -2.09. The van der Waals surface area contributed by atoms with E-state index in [1.807, 2.05) is 25.1 Å². The van der Waals surface area contributed by atoms with Crippen molar-refractivity contribution >= 4 is 11.0 Å². The van der Waals surface area contributed by atoms with Gasteiger partial charge < -0.3 is 13.9 Å². The molecule has 14 heavy (non-hydrogen) atoms. The van der Waals surface area contributed by atoms with Crippen LogP contribution in [-0.4, -0.2) is 13.7 Å². The van der Waals surface area contributed by atoms with Gasteiger partial charge in [0.25, 0.3) is 0 Å². The maximum atomic E-state index is 5.51. The predicted octanol–water partition coefficient (Wildman–Crippen LogP) is 2.84. The molecule has 3 nitrogen and oxygen atoms in total. The van der Waals surface area contributed by atoms with E-state index in [9.17, 15) is 0 Å². The average Bonchev–Trinajstić information content (AvgIpc) is 2.67. The molecule has 74 valence electrons. The maximum Gasteiger partial charge on any atom is 0.172 e. The minimum absolute atomic E-state index is 0.612. The minimum Gasteiger partial charge on any atom is -0.493 e. The van der Waals surface area contributed by atoms with E-state index in [0.717, 1.165) is 22.5 Å². The lowest BCUT2D eigenvalue weighted by Crippen LogP contribution is -1.95. The second-order valence-electron chi connectivity index (χ2n) is 2.86. The highest BCUT2D eigenvalue weighted by Gasteiger charge is 2.10. The highest BCUT2D eigenvalue weighted by Crippen LogP contribution is 2.35. The fourth-order valence-corrected chi connectivity index (χ4v) is 1.45. The topological polar surface area (TPSA) is 31.6 Å². The molecule has 0 saturated carbocycles. The summed E-state index contributed by atoms with van der Waals surface area (Å²) in [5, 5.41) is 0.950. The summed E-state index contributed by atoms with van der Waals surface area (Å²) >= 11 is 0. The molecular weight excluding hydrogens is 180 g/mol. The molecule has 0 bridgehead atoms. The summed E-state index contributed by atoms with van der Waals surface area (Å²) in [5.74, 6) is 1.49. The van der Waals surface area contributed by atoms with Crippen LogP contribution in [-0.2, 0) is 0 Å². The summed E-state index contributed by atoms with van der Waals surface area (Å²) in [6, 6.07) is 5.59. The van der Waals surface area contributed by atoms with Crippen molar-refractivity contribution in [2.24, 2.45) is 0 Å². The van der Waals surface area contributed by atoms with Crippen molar-refractivity contribution < 1.29 is 13.9 Å². The first-order valence-electron chi connectivity index (χ1n) is 4.53. The molecule has 1 heterocycles. The molecule has 0 saturated heterocycles. The lowest BCUT2D eigenvalue weighted by molar-refractivity contribution is 0.314. The zero-order chi connectivity index (χ0) is 9.97. The van der Waals surface area contributed by atoms with E-state index in [4.69, 9.17) is 13.9 Å². The number of ether oxygens (including phenoxy) is 2. The molecular formula is C11H12O3. The highest BCUT2D eigenvalue weighted by molar-refractivity contribution is 5.86. The van der Waals surface area contributed by atoms with Crippen LogP contribution >= 0.6 is 0 Å². The van der Waals surface area contributed by atoms with Crippen molar-refractivity contribution in [2.75, 3.05) is 13.7 Å². The van der Waals surface area contributed by atoms with Crippen molar-refractivity contribution in [1.29, 1.82) is 0 Å². The second-order valence-corrected chi connectivity index (χ2v) is 2.86. The summed E-state index contributed by atoms with van der Waals surface area (Å²) in [7, 11) is 1.63. The normalized spacial score (nSPS) is 10.4. The van der Waals surface area contributed by atoms with Gasteiger partial charge in [0.1, 0.15) is 5.58 Å². The predicted molar refractivity (Wildman–Crippen MR) is 53.9 cm³/mol. The van der Waals surface area contributed by atoms with Crippen molar-refractivity contribution in [2.45, 2.75) is 6.92 Å². The van der Waals surface area contributed by atoms with Crippen molar-refractivity contribution in [3.63, 3.8) is 0 Å². The third-order valence-corrected chi connectivity index (χ3v) is 2.06. The third-order valence-electron chi connectivity index (χ3n) is 2.06. The van der Waals surface area contributed by atoms with Gasteiger partial charge in [0.15, 0.2) is 11.5 Å². The Morgan fingerprint density at radius 1 is 1.29 bits per heavy atom. The van der Waals surface area contributed by atoms with E-state index < -0.39 is 0 Å². The Balaban J connectivity index is 2.62. The molecule has 0 fully saturated rings. The van der Waals surface area contributed by atoms with E-state index >= 15 is 0 Å². The fourth-order valence-electron chi connectivity index (χ4n) is 1.45. The van der Waals surface area contributed by atoms with Gasteiger partial charge in [-0.1, -0.05) is 0 Å². The van der Waals surface area contributed by atoms with Crippen LogP contribution < -0.4 is 9.47 Å². The Kier molecular flexibility index (Phi) is 2.31. The van der Waals surface area contributed by atoms with Gasteiger partial charge in [-0.2, -0.15) is 0 Å². The Morgan fingerprint density at radius 2 is 2.14 bits per heavy atom. The molecule has 0 atom stereocenters. The number of hydrogen-bond acceptors (Lipinski definition) is 3. The molecule has 2 rings (SSSR count). The number of methoxy groups -OCH3 is 1. The van der Waals surface area contributed by atoms with Crippen LogP contribution in [0, 0.1) is 0 Å². The van der Waals surface area contributed by atoms with Gasteiger partial charge in [0.2, 0.25) is 0 Å². The SMILES string of the molecule is CCOc1c(OC)ccc2occc12. The lowest BCUT2D eigenvalue weighted by atomic mass is 10.2. The molecule has 3 heteroatoms. The quantitative estimate of drug-likeness (QED) is 0.749. The molecule has 0 spiro atoms. The van der Waals surface area contributed by atoms with Gasteiger partial charge in [-0.05, 0) is 25.1 Å². The van der Waals surface area contributed by atoms with Crippen molar-refractivity contribution in [1.82, 2.24) is 0 Å². The standard InChI is InChI=1S/C11H12O3/c1-3-13-11-8-6-7-14-9(8)4-5-10(11)12-2/h4-7H,3H2,1-2H3. The number of benzene rings is 1. The van der Waals surface area contributed by atoms with Gasteiger partial charge in [-0.3, -0.25) is 0 Å². The average molecular weight is 192 g/mol. The summed E-state index contributed by atoms with van der Waals surface area (Å²) < 4.78 is 16.0. The molecule has 1 aromatic heterocycles. The zero-order valence-electron chi connectivity index (χ0n) is 8.24. The minimum atomic E-state index is 0.612. The Hall–Kier alpha value is -1.64. The first-order valence-corrected chi connectivity index (χ1v) is 4.53. The number of furan rings is 1. The summed E-state index contributed by atoms with van der Waals surface area (Å²) in [6.07, 6.45) is 1.65. The van der Waals surface area contributed by atoms with E-state index in [0.29, 0.717) is 6.61 Å². The smallest absolute Gasteiger partial charge is 0.172 e. The van der Waals surface area contributed by atoms with Gasteiger partial charge in [0.05, 0.1) is 25.4 Å².